The average Bonchev–Trinajstić information content (AvgIpc) is 1.96. The first-order valence-corrected chi connectivity index (χ1v) is 3.64. The lowest BCUT2D eigenvalue weighted by molar-refractivity contribution is -0.164. The van der Waals surface area contributed by atoms with E-state index in [0.717, 1.165) is 11.0 Å². The van der Waals surface area contributed by atoms with Crippen LogP contribution in [0.15, 0.2) is 0 Å². The monoisotopic (exact) mass is 210 g/mol. The summed E-state index contributed by atoms with van der Waals surface area (Å²) in [5.41, 5.74) is 0. The van der Waals surface area contributed by atoms with Gasteiger partial charge in [0.2, 0.25) is 0 Å². The molecule has 0 spiro atoms. The van der Waals surface area contributed by atoms with E-state index in [9.17, 15) is 18.0 Å². The van der Waals surface area contributed by atoms with Crippen LogP contribution in [-0.2, 0) is 4.79 Å². The molecule has 0 aromatic carbocycles. The molecule has 0 amide bonds. The number of nitriles is 1. The number of likely N-dealkylation sites (N-methyl/N-ethyl adjacent to an activating group) is 1. The molecule has 0 aliphatic heterocycles. The van der Waals surface area contributed by atoms with Crippen molar-refractivity contribution in [1.29, 1.82) is 5.26 Å². The van der Waals surface area contributed by atoms with Gasteiger partial charge in [0, 0.05) is 6.54 Å². The highest BCUT2D eigenvalue weighted by Gasteiger charge is 2.40. The number of halogens is 3. The van der Waals surface area contributed by atoms with Gasteiger partial charge >= 0.3 is 12.1 Å². The fraction of sp³-hybridized carbons (Fsp3) is 0.714. The van der Waals surface area contributed by atoms with Crippen molar-refractivity contribution < 1.29 is 23.1 Å². The zero-order chi connectivity index (χ0) is 11.4. The zero-order valence-electron chi connectivity index (χ0n) is 7.38. The Morgan fingerprint density at radius 1 is 1.64 bits per heavy atom. The summed E-state index contributed by atoms with van der Waals surface area (Å²) in [4.78, 5) is 11.1. The second kappa shape index (κ2) is 4.81. The maximum Gasteiger partial charge on any atom is 0.405 e. The lowest BCUT2D eigenvalue weighted by atomic mass is 10.1. The summed E-state index contributed by atoms with van der Waals surface area (Å²) in [5.74, 6) is -3.38. The molecule has 7 heteroatoms. The normalized spacial score (nSPS) is 13.7. The average molecular weight is 210 g/mol. The summed E-state index contributed by atoms with van der Waals surface area (Å²) < 4.78 is 36.1. The van der Waals surface area contributed by atoms with Gasteiger partial charge < -0.3 is 5.11 Å². The summed E-state index contributed by atoms with van der Waals surface area (Å²) in [6.07, 6.45) is -4.61. The minimum atomic E-state index is -4.61. The molecule has 14 heavy (non-hydrogen) atoms. The molecule has 0 radical (unpaired) electrons. The molecule has 0 saturated heterocycles. The first-order valence-electron chi connectivity index (χ1n) is 3.64. The van der Waals surface area contributed by atoms with E-state index in [-0.39, 0.29) is 0 Å². The summed E-state index contributed by atoms with van der Waals surface area (Å²) in [6, 6.07) is 1.09. The highest BCUT2D eigenvalue weighted by Crippen LogP contribution is 2.25. The molecule has 1 atom stereocenters. The standard InChI is InChI=1S/C7H9F3N2O2/c1-12(4-6(13)14)3-5(2-11)7(8,9)10/h5H,3-4H2,1H3,(H,13,14). The molecular weight excluding hydrogens is 201 g/mol. The highest BCUT2D eigenvalue weighted by molar-refractivity contribution is 5.69. The third-order valence-electron chi connectivity index (χ3n) is 1.45. The summed E-state index contributed by atoms with van der Waals surface area (Å²) in [7, 11) is 1.21. The quantitative estimate of drug-likeness (QED) is 0.741. The van der Waals surface area contributed by atoms with Crippen LogP contribution in [0.4, 0.5) is 13.2 Å². The number of aliphatic carboxylic acids is 1. The molecule has 0 fully saturated rings. The Hall–Kier alpha value is -1.29. The number of carbonyl (C=O) groups is 1. The van der Waals surface area contributed by atoms with Crippen LogP contribution in [-0.4, -0.2) is 42.3 Å². The SMILES string of the molecule is CN(CC(=O)O)CC(C#N)C(F)(F)F. The van der Waals surface area contributed by atoms with Crippen molar-refractivity contribution in [3.8, 4) is 6.07 Å². The fourth-order valence-corrected chi connectivity index (χ4v) is 0.825. The van der Waals surface area contributed by atoms with Gasteiger partial charge in [-0.3, -0.25) is 9.69 Å². The molecule has 0 bridgehead atoms. The Morgan fingerprint density at radius 2 is 2.14 bits per heavy atom. The van der Waals surface area contributed by atoms with Gasteiger partial charge in [-0.05, 0) is 7.05 Å². The Labute approximate surface area is 78.5 Å². The Bertz CT molecular complexity index is 246. The number of hydrogen-bond donors (Lipinski definition) is 1. The van der Waals surface area contributed by atoms with Gasteiger partial charge in [-0.2, -0.15) is 18.4 Å². The maximum atomic E-state index is 12.0. The van der Waals surface area contributed by atoms with Gasteiger partial charge in [0.15, 0.2) is 5.92 Å². The lowest BCUT2D eigenvalue weighted by Gasteiger charge is -2.19. The van der Waals surface area contributed by atoms with Crippen LogP contribution < -0.4 is 0 Å². The van der Waals surface area contributed by atoms with Gasteiger partial charge in [0.05, 0.1) is 12.6 Å². The molecule has 4 nitrogen and oxygen atoms in total. The van der Waals surface area contributed by atoms with Gasteiger partial charge in [0.25, 0.3) is 0 Å². The Morgan fingerprint density at radius 3 is 2.43 bits per heavy atom. The number of nitrogens with zero attached hydrogens (tertiary/aromatic N) is 2. The molecule has 0 heterocycles. The largest absolute Gasteiger partial charge is 0.480 e. The van der Waals surface area contributed by atoms with Crippen molar-refractivity contribution in [2.24, 2.45) is 5.92 Å². The second-order valence-corrected chi connectivity index (χ2v) is 2.81. The predicted molar refractivity (Wildman–Crippen MR) is 40.3 cm³/mol. The molecule has 0 aliphatic rings. The van der Waals surface area contributed by atoms with Gasteiger partial charge in [0.1, 0.15) is 0 Å². The van der Waals surface area contributed by atoms with E-state index in [2.05, 4.69) is 0 Å². The number of carboxylic acid groups (broad SMARTS) is 1. The van der Waals surface area contributed by atoms with Crippen molar-refractivity contribution >= 4 is 5.97 Å². The van der Waals surface area contributed by atoms with Crippen LogP contribution in [0.5, 0.6) is 0 Å². The van der Waals surface area contributed by atoms with Crippen molar-refractivity contribution in [3.05, 3.63) is 0 Å². The van der Waals surface area contributed by atoms with Crippen LogP contribution in [0.3, 0.4) is 0 Å². The number of rotatable bonds is 4. The summed E-state index contributed by atoms with van der Waals surface area (Å²) in [6.45, 7) is -1.15. The third kappa shape index (κ3) is 4.67. The van der Waals surface area contributed by atoms with E-state index in [1.165, 1.54) is 7.05 Å². The predicted octanol–water partition coefficient (Wildman–Crippen LogP) is 0.705. The first kappa shape index (κ1) is 12.7. The van der Waals surface area contributed by atoms with E-state index in [1.807, 2.05) is 0 Å². The van der Waals surface area contributed by atoms with Crippen LogP contribution in [0, 0.1) is 17.2 Å². The third-order valence-corrected chi connectivity index (χ3v) is 1.45. The van der Waals surface area contributed by atoms with Gasteiger partial charge in [-0.1, -0.05) is 0 Å². The molecule has 0 saturated carbocycles. The summed E-state index contributed by atoms with van der Waals surface area (Å²) in [5, 5.41) is 16.5. The molecule has 0 rings (SSSR count). The molecule has 1 N–H and O–H groups in total. The van der Waals surface area contributed by atoms with Crippen LogP contribution in [0.25, 0.3) is 0 Å². The minimum absolute atomic E-state index is 0.520. The molecule has 0 aromatic rings. The lowest BCUT2D eigenvalue weighted by Crippen LogP contribution is -2.36. The van der Waals surface area contributed by atoms with Crippen molar-refractivity contribution in [3.63, 3.8) is 0 Å². The zero-order valence-corrected chi connectivity index (χ0v) is 7.38. The Kier molecular flexibility index (Phi) is 4.37. The van der Waals surface area contributed by atoms with Crippen molar-refractivity contribution in [1.82, 2.24) is 4.90 Å². The van der Waals surface area contributed by atoms with E-state index in [4.69, 9.17) is 10.4 Å². The first-order chi connectivity index (χ1) is 6.27. The maximum absolute atomic E-state index is 12.0. The van der Waals surface area contributed by atoms with Crippen LogP contribution in [0.2, 0.25) is 0 Å². The number of carboxylic acids is 1. The minimum Gasteiger partial charge on any atom is -0.480 e. The smallest absolute Gasteiger partial charge is 0.405 e. The van der Waals surface area contributed by atoms with E-state index in [0.29, 0.717) is 0 Å². The number of hydrogen-bond acceptors (Lipinski definition) is 3. The molecule has 80 valence electrons. The fourth-order valence-electron chi connectivity index (χ4n) is 0.825. The molecule has 0 aliphatic carbocycles. The van der Waals surface area contributed by atoms with Crippen LogP contribution >= 0.6 is 0 Å². The van der Waals surface area contributed by atoms with E-state index in [1.54, 1.807) is 0 Å². The van der Waals surface area contributed by atoms with E-state index < -0.39 is 31.2 Å². The van der Waals surface area contributed by atoms with E-state index >= 15 is 0 Å². The molecule has 1 unspecified atom stereocenters. The van der Waals surface area contributed by atoms with Crippen LogP contribution in [0.1, 0.15) is 0 Å². The number of alkyl halides is 3. The second-order valence-electron chi connectivity index (χ2n) is 2.81. The highest BCUT2D eigenvalue weighted by atomic mass is 19.4. The molecular formula is C7H9F3N2O2. The van der Waals surface area contributed by atoms with Gasteiger partial charge in [-0.15, -0.1) is 0 Å². The van der Waals surface area contributed by atoms with Crippen molar-refractivity contribution in [2.75, 3.05) is 20.1 Å². The summed E-state index contributed by atoms with van der Waals surface area (Å²) >= 11 is 0. The Balaban J connectivity index is 4.21. The van der Waals surface area contributed by atoms with Crippen molar-refractivity contribution in [2.45, 2.75) is 6.18 Å². The topological polar surface area (TPSA) is 64.3 Å². The van der Waals surface area contributed by atoms with Gasteiger partial charge in [-0.25, -0.2) is 0 Å². The molecule has 0 aromatic heterocycles.